The minimum atomic E-state index is -0.371. The molecule has 0 N–H and O–H groups in total. The summed E-state index contributed by atoms with van der Waals surface area (Å²) in [6, 6.07) is 23.7. The largest absolute Gasteiger partial charge is 0.465 e. The van der Waals surface area contributed by atoms with Crippen molar-refractivity contribution in [3.63, 3.8) is 0 Å². The van der Waals surface area contributed by atoms with Gasteiger partial charge in [-0.05, 0) is 35.9 Å². The predicted octanol–water partition coefficient (Wildman–Crippen LogP) is 5.48. The van der Waals surface area contributed by atoms with Crippen molar-refractivity contribution in [2.45, 2.75) is 18.7 Å². The van der Waals surface area contributed by atoms with Gasteiger partial charge in [0.25, 0.3) is 0 Å². The number of carbonyl (C=O) groups excluding carboxylic acids is 1. The summed E-state index contributed by atoms with van der Waals surface area (Å²) in [5.74, 6) is 0.513. The molecule has 2 aliphatic heterocycles. The highest BCUT2D eigenvalue weighted by atomic mass is 79.9. The van der Waals surface area contributed by atoms with Gasteiger partial charge in [-0.25, -0.2) is 9.80 Å². The molecule has 0 radical (unpaired) electrons. The summed E-state index contributed by atoms with van der Waals surface area (Å²) in [6.45, 7) is 0. The van der Waals surface area contributed by atoms with Crippen molar-refractivity contribution >= 4 is 27.6 Å². The van der Waals surface area contributed by atoms with Gasteiger partial charge in [0.05, 0.1) is 24.4 Å². The first kappa shape index (κ1) is 18.9. The van der Waals surface area contributed by atoms with Crippen molar-refractivity contribution in [1.82, 2.24) is 5.01 Å². The Hall–Kier alpha value is -3.12. The zero-order chi connectivity index (χ0) is 20.7. The molecule has 5 rings (SSSR count). The van der Waals surface area contributed by atoms with Crippen LogP contribution in [0, 0.1) is 0 Å². The molecule has 0 saturated carbocycles. The first-order chi connectivity index (χ1) is 14.6. The van der Waals surface area contributed by atoms with Gasteiger partial charge in [-0.15, -0.1) is 0 Å². The molecule has 3 aromatic carbocycles. The van der Waals surface area contributed by atoms with E-state index in [4.69, 9.17) is 14.6 Å². The maximum atomic E-state index is 11.8. The second-order valence-corrected chi connectivity index (χ2v) is 8.19. The zero-order valence-electron chi connectivity index (χ0n) is 16.3. The number of hydrogen-bond acceptors (Lipinski definition) is 5. The maximum Gasteiger partial charge on any atom is 0.337 e. The van der Waals surface area contributed by atoms with E-state index >= 15 is 0 Å². The van der Waals surface area contributed by atoms with Gasteiger partial charge in [0.15, 0.2) is 0 Å². The van der Waals surface area contributed by atoms with Gasteiger partial charge in [0, 0.05) is 22.0 Å². The summed E-state index contributed by atoms with van der Waals surface area (Å²) in [5, 5.41) is 6.99. The number of hydrogen-bond donors (Lipinski definition) is 0. The lowest BCUT2D eigenvalue weighted by atomic mass is 9.96. The van der Waals surface area contributed by atoms with E-state index in [-0.39, 0.29) is 18.2 Å². The van der Waals surface area contributed by atoms with Gasteiger partial charge in [-0.3, -0.25) is 0 Å². The Labute approximate surface area is 183 Å². The lowest BCUT2D eigenvalue weighted by molar-refractivity contribution is -0.0190. The number of fused-ring (bicyclic) bond motifs is 3. The van der Waals surface area contributed by atoms with E-state index in [9.17, 15) is 4.79 Å². The molecule has 0 fully saturated rings. The summed E-state index contributed by atoms with van der Waals surface area (Å²) >= 11 is 3.49. The van der Waals surface area contributed by atoms with Crippen molar-refractivity contribution in [1.29, 1.82) is 0 Å². The third kappa shape index (κ3) is 3.27. The van der Waals surface area contributed by atoms with Crippen LogP contribution in [0.4, 0.5) is 0 Å². The predicted molar refractivity (Wildman–Crippen MR) is 117 cm³/mol. The highest BCUT2D eigenvalue weighted by Crippen LogP contribution is 2.47. The van der Waals surface area contributed by atoms with Crippen molar-refractivity contribution in [2.24, 2.45) is 5.10 Å². The van der Waals surface area contributed by atoms with E-state index in [1.807, 2.05) is 47.5 Å². The molecule has 0 spiro atoms. The molecule has 0 bridgehead atoms. The summed E-state index contributed by atoms with van der Waals surface area (Å²) in [5.41, 5.74) is 4.71. The minimum Gasteiger partial charge on any atom is -0.465 e. The fourth-order valence-electron chi connectivity index (χ4n) is 3.97. The molecule has 6 heteroatoms. The third-order valence-corrected chi connectivity index (χ3v) is 6.02. The second kappa shape index (κ2) is 7.61. The molecule has 0 saturated heterocycles. The number of nitrogens with zero attached hydrogens (tertiary/aromatic N) is 2. The van der Waals surface area contributed by atoms with Crippen LogP contribution in [0.25, 0.3) is 0 Å². The number of halogens is 1. The molecular formula is C24H19BrN2O3. The van der Waals surface area contributed by atoms with E-state index in [2.05, 4.69) is 34.1 Å². The molecule has 2 heterocycles. The van der Waals surface area contributed by atoms with Crippen LogP contribution in [0.3, 0.4) is 0 Å². The monoisotopic (exact) mass is 462 g/mol. The average Bonchev–Trinajstić information content (AvgIpc) is 3.24. The smallest absolute Gasteiger partial charge is 0.337 e. The number of para-hydroxylation sites is 1. The van der Waals surface area contributed by atoms with Crippen LogP contribution < -0.4 is 4.74 Å². The molecule has 5 nitrogen and oxygen atoms in total. The summed E-state index contributed by atoms with van der Waals surface area (Å²) in [4.78, 5) is 11.8. The minimum absolute atomic E-state index is 0.0962. The number of methoxy groups -OCH3 is 1. The topological polar surface area (TPSA) is 51.1 Å². The number of carbonyl (C=O) groups is 1. The average molecular weight is 463 g/mol. The Morgan fingerprint density at radius 3 is 2.53 bits per heavy atom. The fraction of sp³-hybridized carbons (Fsp3) is 0.167. The van der Waals surface area contributed by atoms with Crippen LogP contribution in [-0.4, -0.2) is 23.8 Å². The van der Waals surface area contributed by atoms with Crippen molar-refractivity contribution < 1.29 is 14.3 Å². The van der Waals surface area contributed by atoms with Crippen LogP contribution in [-0.2, 0) is 4.74 Å². The van der Waals surface area contributed by atoms with Gasteiger partial charge in [0.1, 0.15) is 5.75 Å². The Morgan fingerprint density at radius 2 is 1.80 bits per heavy atom. The molecule has 0 amide bonds. The van der Waals surface area contributed by atoms with E-state index < -0.39 is 0 Å². The van der Waals surface area contributed by atoms with E-state index in [0.29, 0.717) is 5.56 Å². The van der Waals surface area contributed by atoms with Crippen LogP contribution in [0.2, 0.25) is 0 Å². The van der Waals surface area contributed by atoms with Gasteiger partial charge in [-0.2, -0.15) is 5.10 Å². The molecule has 30 heavy (non-hydrogen) atoms. The van der Waals surface area contributed by atoms with Crippen LogP contribution in [0.5, 0.6) is 5.75 Å². The first-order valence-electron chi connectivity index (χ1n) is 9.69. The molecule has 0 aromatic heterocycles. The Bertz CT molecular complexity index is 1130. The van der Waals surface area contributed by atoms with Gasteiger partial charge in [0.2, 0.25) is 6.23 Å². The van der Waals surface area contributed by atoms with E-state index in [1.165, 1.54) is 7.11 Å². The first-order valence-corrected chi connectivity index (χ1v) is 10.5. The van der Waals surface area contributed by atoms with E-state index in [1.54, 1.807) is 12.1 Å². The molecule has 2 unspecified atom stereocenters. The highest BCUT2D eigenvalue weighted by molar-refractivity contribution is 9.10. The number of ether oxygens (including phenoxy) is 2. The fourth-order valence-corrected chi connectivity index (χ4v) is 4.24. The number of benzene rings is 3. The number of rotatable bonds is 3. The Balaban J connectivity index is 1.54. The number of esters is 1. The van der Waals surface area contributed by atoms with Crippen LogP contribution in [0.15, 0.2) is 82.4 Å². The summed E-state index contributed by atoms with van der Waals surface area (Å²) in [6.07, 6.45) is 0.434. The van der Waals surface area contributed by atoms with Crippen molar-refractivity contribution in [2.75, 3.05) is 7.11 Å². The van der Waals surface area contributed by atoms with Gasteiger partial charge < -0.3 is 9.47 Å². The SMILES string of the molecule is COC(=O)c1ccc(C2Oc3ccccc3C3CC(c4ccc(Br)cc4)=NN32)cc1. The molecule has 0 aliphatic carbocycles. The second-order valence-electron chi connectivity index (χ2n) is 7.28. The normalized spacial score (nSPS) is 19.4. The van der Waals surface area contributed by atoms with Gasteiger partial charge in [-0.1, -0.05) is 58.4 Å². The maximum absolute atomic E-state index is 11.8. The van der Waals surface area contributed by atoms with Crippen molar-refractivity contribution in [3.8, 4) is 5.75 Å². The quantitative estimate of drug-likeness (QED) is 0.483. The van der Waals surface area contributed by atoms with Crippen LogP contribution >= 0.6 is 15.9 Å². The highest BCUT2D eigenvalue weighted by Gasteiger charge is 2.40. The molecule has 3 aromatic rings. The third-order valence-electron chi connectivity index (χ3n) is 5.49. The van der Waals surface area contributed by atoms with Crippen molar-refractivity contribution in [3.05, 3.63) is 99.5 Å². The van der Waals surface area contributed by atoms with E-state index in [0.717, 1.165) is 39.0 Å². The standard InChI is InChI=1S/C24H19BrN2O3/c1-29-24(28)17-8-6-16(7-9-17)23-27-21(19-4-2-3-5-22(19)30-23)14-20(26-27)15-10-12-18(25)13-11-15/h2-13,21,23H,14H2,1H3. The number of hydrazone groups is 1. The molecule has 2 aliphatic rings. The molecule has 150 valence electrons. The van der Waals surface area contributed by atoms with Crippen LogP contribution in [0.1, 0.15) is 45.7 Å². The molecular weight excluding hydrogens is 444 g/mol. The summed E-state index contributed by atoms with van der Waals surface area (Å²) < 4.78 is 12.2. The Kier molecular flexibility index (Phi) is 4.79. The Morgan fingerprint density at radius 1 is 1.07 bits per heavy atom. The lowest BCUT2D eigenvalue weighted by Crippen LogP contribution is -2.33. The lowest BCUT2D eigenvalue weighted by Gasteiger charge is -2.38. The zero-order valence-corrected chi connectivity index (χ0v) is 17.9. The molecule has 2 atom stereocenters. The summed E-state index contributed by atoms with van der Waals surface area (Å²) in [7, 11) is 1.38. The van der Waals surface area contributed by atoms with Gasteiger partial charge >= 0.3 is 5.97 Å².